The van der Waals surface area contributed by atoms with Crippen LogP contribution < -0.4 is 5.73 Å². The van der Waals surface area contributed by atoms with E-state index in [9.17, 15) is 0 Å². The molecular weight excluding hydrogens is 246 g/mol. The Bertz CT molecular complexity index is 442. The van der Waals surface area contributed by atoms with Gasteiger partial charge in [-0.2, -0.15) is 0 Å². The molecule has 2 aromatic rings. The van der Waals surface area contributed by atoms with E-state index in [1.54, 1.807) is 29.2 Å². The molecule has 0 aliphatic heterocycles. The minimum atomic E-state index is 0.522. The Kier molecular flexibility index (Phi) is 3.50. The Labute approximate surface area is 101 Å². The van der Waals surface area contributed by atoms with Crippen LogP contribution in [-0.2, 0) is 0 Å². The highest BCUT2D eigenvalue weighted by Crippen LogP contribution is 2.31. The third kappa shape index (κ3) is 2.87. The monoisotopic (exact) mass is 255 g/mol. The van der Waals surface area contributed by atoms with Crippen molar-refractivity contribution in [2.45, 2.75) is 14.4 Å². The number of thioether (sulfide) groups is 1. The number of nitrogens with zero attached hydrogens (tertiary/aromatic N) is 2. The summed E-state index contributed by atoms with van der Waals surface area (Å²) in [5.41, 5.74) is 5.69. The number of aromatic nitrogens is 2. The molecule has 0 aliphatic rings. The molecule has 0 saturated heterocycles. The summed E-state index contributed by atoms with van der Waals surface area (Å²) in [7, 11) is 0. The highest BCUT2D eigenvalue weighted by molar-refractivity contribution is 8.01. The smallest absolute Gasteiger partial charge is 0.190 e. The van der Waals surface area contributed by atoms with Gasteiger partial charge in [0.2, 0.25) is 0 Å². The van der Waals surface area contributed by atoms with E-state index in [1.165, 1.54) is 16.0 Å². The summed E-state index contributed by atoms with van der Waals surface area (Å²) < 4.78 is 1.21. The van der Waals surface area contributed by atoms with Crippen molar-refractivity contribution in [1.29, 1.82) is 0 Å². The van der Waals surface area contributed by atoms with Crippen LogP contribution in [0.25, 0.3) is 0 Å². The number of thiophene rings is 1. The molecule has 0 unspecified atom stereocenters. The van der Waals surface area contributed by atoms with Crippen LogP contribution in [0.2, 0.25) is 0 Å². The summed E-state index contributed by atoms with van der Waals surface area (Å²) in [6.45, 7) is 0. The maximum Gasteiger partial charge on any atom is 0.190 e. The molecule has 2 aromatic heterocycles. The summed E-state index contributed by atoms with van der Waals surface area (Å²) in [5, 5.41) is 3.66. The first-order valence-electron chi connectivity index (χ1n) is 4.18. The number of nitrogens with two attached hydrogens (primary N) is 1. The Balaban J connectivity index is 2.24. The standard InChI is InChI=1S/C9H9N3S3/c1-13-9-11-6(10)5-7(12-9)15-8-3-2-4-14-8/h2-5H,1H3,(H2,10,11,12). The fraction of sp³-hybridized carbons (Fsp3) is 0.111. The highest BCUT2D eigenvalue weighted by Gasteiger charge is 2.04. The van der Waals surface area contributed by atoms with Crippen molar-refractivity contribution in [1.82, 2.24) is 9.97 Å². The average molecular weight is 255 g/mol. The van der Waals surface area contributed by atoms with Gasteiger partial charge in [-0.05, 0) is 17.7 Å². The molecule has 2 heterocycles. The topological polar surface area (TPSA) is 51.8 Å². The largest absolute Gasteiger partial charge is 0.384 e. The Morgan fingerprint density at radius 1 is 1.40 bits per heavy atom. The predicted molar refractivity (Wildman–Crippen MR) is 66.7 cm³/mol. The van der Waals surface area contributed by atoms with Gasteiger partial charge in [-0.1, -0.05) is 29.6 Å². The molecule has 6 heteroatoms. The van der Waals surface area contributed by atoms with E-state index < -0.39 is 0 Å². The van der Waals surface area contributed by atoms with Crippen LogP contribution in [-0.4, -0.2) is 16.2 Å². The SMILES string of the molecule is CSc1nc(N)cc(Sc2cccs2)n1. The summed E-state index contributed by atoms with van der Waals surface area (Å²) in [6, 6.07) is 5.88. The molecule has 2 rings (SSSR count). The fourth-order valence-corrected chi connectivity index (χ4v) is 3.16. The van der Waals surface area contributed by atoms with Gasteiger partial charge < -0.3 is 5.73 Å². The lowest BCUT2D eigenvalue weighted by Crippen LogP contribution is -1.95. The zero-order chi connectivity index (χ0) is 10.7. The summed E-state index contributed by atoms with van der Waals surface area (Å²) in [5.74, 6) is 0.522. The van der Waals surface area contributed by atoms with Crippen LogP contribution in [0.3, 0.4) is 0 Å². The van der Waals surface area contributed by atoms with Gasteiger partial charge in [0.1, 0.15) is 10.8 Å². The minimum Gasteiger partial charge on any atom is -0.384 e. The van der Waals surface area contributed by atoms with E-state index in [1.807, 2.05) is 17.7 Å². The number of hydrogen-bond acceptors (Lipinski definition) is 6. The first-order chi connectivity index (χ1) is 7.28. The third-order valence-corrected chi connectivity index (χ3v) is 4.09. The number of nitrogen functional groups attached to an aromatic ring is 1. The predicted octanol–water partition coefficient (Wildman–Crippen LogP) is 2.99. The van der Waals surface area contributed by atoms with E-state index in [4.69, 9.17) is 5.73 Å². The maximum absolute atomic E-state index is 5.69. The molecule has 0 aliphatic carbocycles. The van der Waals surface area contributed by atoms with Crippen LogP contribution >= 0.6 is 34.9 Å². The van der Waals surface area contributed by atoms with Gasteiger partial charge in [0, 0.05) is 6.07 Å². The molecule has 0 aromatic carbocycles. The average Bonchev–Trinajstić information content (AvgIpc) is 2.69. The molecule has 0 radical (unpaired) electrons. The summed E-state index contributed by atoms with van der Waals surface area (Å²) in [4.78, 5) is 8.47. The van der Waals surface area contributed by atoms with Crippen molar-refractivity contribution in [3.8, 4) is 0 Å². The van der Waals surface area contributed by atoms with Gasteiger partial charge in [-0.3, -0.25) is 0 Å². The Morgan fingerprint density at radius 2 is 2.27 bits per heavy atom. The Hall–Kier alpha value is -0.720. The second-order valence-electron chi connectivity index (χ2n) is 2.65. The lowest BCUT2D eigenvalue weighted by atomic mass is 10.6. The third-order valence-electron chi connectivity index (χ3n) is 1.58. The molecule has 0 bridgehead atoms. The molecule has 0 atom stereocenters. The van der Waals surface area contributed by atoms with Crippen LogP contribution in [0, 0.1) is 0 Å². The number of hydrogen-bond donors (Lipinski definition) is 1. The quantitative estimate of drug-likeness (QED) is 0.519. The van der Waals surface area contributed by atoms with Crippen LogP contribution in [0.1, 0.15) is 0 Å². The van der Waals surface area contributed by atoms with Gasteiger partial charge in [0.15, 0.2) is 5.16 Å². The first-order valence-corrected chi connectivity index (χ1v) is 7.10. The van der Waals surface area contributed by atoms with E-state index >= 15 is 0 Å². The normalized spacial score (nSPS) is 10.5. The van der Waals surface area contributed by atoms with Crippen LogP contribution in [0.15, 0.2) is 38.0 Å². The van der Waals surface area contributed by atoms with Gasteiger partial charge in [-0.25, -0.2) is 9.97 Å². The molecule has 0 saturated carbocycles. The van der Waals surface area contributed by atoms with E-state index in [2.05, 4.69) is 16.0 Å². The van der Waals surface area contributed by atoms with Gasteiger partial charge >= 0.3 is 0 Å². The maximum atomic E-state index is 5.69. The molecule has 0 spiro atoms. The Morgan fingerprint density at radius 3 is 2.93 bits per heavy atom. The van der Waals surface area contributed by atoms with Crippen molar-refractivity contribution in [2.24, 2.45) is 0 Å². The molecule has 2 N–H and O–H groups in total. The molecule has 78 valence electrons. The summed E-state index contributed by atoms with van der Waals surface area (Å²) in [6.07, 6.45) is 1.94. The fourth-order valence-electron chi connectivity index (χ4n) is 0.989. The lowest BCUT2D eigenvalue weighted by Gasteiger charge is -2.01. The van der Waals surface area contributed by atoms with Crippen molar-refractivity contribution in [2.75, 3.05) is 12.0 Å². The van der Waals surface area contributed by atoms with E-state index in [0.717, 1.165) is 5.03 Å². The van der Waals surface area contributed by atoms with E-state index in [-0.39, 0.29) is 0 Å². The molecule has 15 heavy (non-hydrogen) atoms. The van der Waals surface area contributed by atoms with Crippen molar-refractivity contribution in [3.63, 3.8) is 0 Å². The highest BCUT2D eigenvalue weighted by atomic mass is 32.2. The van der Waals surface area contributed by atoms with Gasteiger partial charge in [0.25, 0.3) is 0 Å². The van der Waals surface area contributed by atoms with Gasteiger partial charge in [-0.15, -0.1) is 11.3 Å². The van der Waals surface area contributed by atoms with Gasteiger partial charge in [0.05, 0.1) is 4.21 Å². The van der Waals surface area contributed by atoms with Crippen LogP contribution in [0.4, 0.5) is 5.82 Å². The molecule has 0 amide bonds. The van der Waals surface area contributed by atoms with Crippen LogP contribution in [0.5, 0.6) is 0 Å². The number of rotatable bonds is 3. The minimum absolute atomic E-state index is 0.522. The zero-order valence-corrected chi connectivity index (χ0v) is 10.5. The van der Waals surface area contributed by atoms with Crippen molar-refractivity contribution >= 4 is 40.7 Å². The van der Waals surface area contributed by atoms with E-state index in [0.29, 0.717) is 11.0 Å². The molecule has 0 fully saturated rings. The summed E-state index contributed by atoms with van der Waals surface area (Å²) >= 11 is 4.80. The van der Waals surface area contributed by atoms with Crippen molar-refractivity contribution in [3.05, 3.63) is 23.6 Å². The van der Waals surface area contributed by atoms with Crippen molar-refractivity contribution < 1.29 is 0 Å². The zero-order valence-electron chi connectivity index (χ0n) is 8.01. The second-order valence-corrected chi connectivity index (χ2v) is 5.69. The molecule has 3 nitrogen and oxygen atoms in total. The lowest BCUT2D eigenvalue weighted by molar-refractivity contribution is 0.902. The molecular formula is C9H9N3S3. The second kappa shape index (κ2) is 4.87. The first kappa shape index (κ1) is 10.8. The number of anilines is 1.